The Morgan fingerprint density at radius 2 is 2.11 bits per heavy atom. The van der Waals surface area contributed by atoms with Crippen LogP contribution < -0.4 is 0 Å². The van der Waals surface area contributed by atoms with Crippen LogP contribution in [0.1, 0.15) is 23.2 Å². The number of carbonyl (C=O) groups is 1. The SMILES string of the molecule is O=C(CCN1CCCOCC1)c1ccccc1Cl. The van der Waals surface area contributed by atoms with Crippen molar-refractivity contribution in [2.45, 2.75) is 12.8 Å². The zero-order valence-corrected chi connectivity index (χ0v) is 11.2. The second-order valence-corrected chi connectivity index (χ2v) is 4.87. The Bertz CT molecular complexity index is 401. The van der Waals surface area contributed by atoms with Crippen molar-refractivity contribution in [3.05, 3.63) is 34.9 Å². The van der Waals surface area contributed by atoms with Gasteiger partial charge in [0.2, 0.25) is 0 Å². The molecule has 1 saturated heterocycles. The molecule has 1 heterocycles. The van der Waals surface area contributed by atoms with E-state index < -0.39 is 0 Å². The average Bonchev–Trinajstić information content (AvgIpc) is 2.65. The molecule has 4 heteroatoms. The highest BCUT2D eigenvalue weighted by atomic mass is 35.5. The van der Waals surface area contributed by atoms with Crippen molar-refractivity contribution in [1.82, 2.24) is 4.90 Å². The molecule has 1 aliphatic rings. The van der Waals surface area contributed by atoms with Gasteiger partial charge in [-0.15, -0.1) is 0 Å². The summed E-state index contributed by atoms with van der Waals surface area (Å²) in [5.41, 5.74) is 0.630. The van der Waals surface area contributed by atoms with E-state index in [1.54, 1.807) is 12.1 Å². The summed E-state index contributed by atoms with van der Waals surface area (Å²) in [6, 6.07) is 7.23. The van der Waals surface area contributed by atoms with Crippen LogP contribution in [-0.4, -0.2) is 43.5 Å². The van der Waals surface area contributed by atoms with Crippen molar-refractivity contribution in [2.24, 2.45) is 0 Å². The van der Waals surface area contributed by atoms with Crippen LogP contribution in [0.5, 0.6) is 0 Å². The molecule has 0 aromatic heterocycles. The van der Waals surface area contributed by atoms with Gasteiger partial charge in [-0.25, -0.2) is 0 Å². The molecular weight excluding hydrogens is 250 g/mol. The predicted molar refractivity (Wildman–Crippen MR) is 72.3 cm³/mol. The van der Waals surface area contributed by atoms with Gasteiger partial charge in [-0.2, -0.15) is 0 Å². The van der Waals surface area contributed by atoms with Crippen molar-refractivity contribution in [3.63, 3.8) is 0 Å². The van der Waals surface area contributed by atoms with Gasteiger partial charge in [-0.1, -0.05) is 23.7 Å². The Morgan fingerprint density at radius 3 is 2.94 bits per heavy atom. The van der Waals surface area contributed by atoms with Crippen LogP contribution in [-0.2, 0) is 4.74 Å². The van der Waals surface area contributed by atoms with Crippen LogP contribution in [0.4, 0.5) is 0 Å². The smallest absolute Gasteiger partial charge is 0.165 e. The van der Waals surface area contributed by atoms with E-state index in [0.717, 1.165) is 39.3 Å². The zero-order chi connectivity index (χ0) is 12.8. The van der Waals surface area contributed by atoms with Crippen molar-refractivity contribution in [2.75, 3.05) is 32.8 Å². The standard InChI is InChI=1S/C14H18ClNO2/c15-13-5-2-1-4-12(13)14(17)6-8-16-7-3-10-18-11-9-16/h1-2,4-5H,3,6-11H2. The van der Waals surface area contributed by atoms with E-state index in [9.17, 15) is 4.79 Å². The number of Topliss-reactive ketones (excluding diaryl/α,β-unsaturated/α-hetero) is 1. The Morgan fingerprint density at radius 1 is 1.28 bits per heavy atom. The summed E-state index contributed by atoms with van der Waals surface area (Å²) >= 11 is 6.01. The van der Waals surface area contributed by atoms with Gasteiger partial charge in [0.05, 0.1) is 11.6 Å². The first-order valence-corrected chi connectivity index (χ1v) is 6.73. The van der Waals surface area contributed by atoms with Gasteiger partial charge in [0.15, 0.2) is 5.78 Å². The maximum Gasteiger partial charge on any atom is 0.165 e. The fraction of sp³-hybridized carbons (Fsp3) is 0.500. The monoisotopic (exact) mass is 267 g/mol. The molecule has 1 aromatic carbocycles. The highest BCUT2D eigenvalue weighted by molar-refractivity contribution is 6.33. The van der Waals surface area contributed by atoms with E-state index in [4.69, 9.17) is 16.3 Å². The molecule has 0 radical (unpaired) electrons. The Hall–Kier alpha value is -0.900. The largest absolute Gasteiger partial charge is 0.380 e. The summed E-state index contributed by atoms with van der Waals surface area (Å²) in [4.78, 5) is 14.3. The molecule has 0 bridgehead atoms. The number of carbonyl (C=O) groups excluding carboxylic acids is 1. The second kappa shape index (κ2) is 6.88. The minimum atomic E-state index is 0.116. The summed E-state index contributed by atoms with van der Waals surface area (Å²) in [6.07, 6.45) is 1.56. The molecule has 0 spiro atoms. The van der Waals surface area contributed by atoms with Crippen molar-refractivity contribution in [3.8, 4) is 0 Å². The summed E-state index contributed by atoms with van der Waals surface area (Å²) in [7, 11) is 0. The molecule has 1 aliphatic heterocycles. The molecule has 0 saturated carbocycles. The number of hydrogen-bond donors (Lipinski definition) is 0. The number of halogens is 1. The minimum absolute atomic E-state index is 0.116. The van der Waals surface area contributed by atoms with Crippen molar-refractivity contribution < 1.29 is 9.53 Å². The lowest BCUT2D eigenvalue weighted by Gasteiger charge is -2.18. The van der Waals surface area contributed by atoms with Gasteiger partial charge in [-0.05, 0) is 18.6 Å². The van der Waals surface area contributed by atoms with E-state index in [-0.39, 0.29) is 5.78 Å². The third-order valence-electron chi connectivity index (χ3n) is 3.14. The van der Waals surface area contributed by atoms with Crippen LogP contribution in [0.25, 0.3) is 0 Å². The zero-order valence-electron chi connectivity index (χ0n) is 10.4. The maximum atomic E-state index is 12.1. The highest BCUT2D eigenvalue weighted by Gasteiger charge is 2.13. The topological polar surface area (TPSA) is 29.5 Å². The van der Waals surface area contributed by atoms with Crippen LogP contribution in [0, 0.1) is 0 Å². The van der Waals surface area contributed by atoms with E-state index in [1.165, 1.54) is 0 Å². The summed E-state index contributed by atoms with van der Waals surface area (Å²) in [6.45, 7) is 4.30. The summed E-state index contributed by atoms with van der Waals surface area (Å²) in [5.74, 6) is 0.116. The number of rotatable bonds is 4. The fourth-order valence-corrected chi connectivity index (χ4v) is 2.34. The molecule has 1 fully saturated rings. The normalized spacial score (nSPS) is 17.4. The average molecular weight is 268 g/mol. The third-order valence-corrected chi connectivity index (χ3v) is 3.47. The minimum Gasteiger partial charge on any atom is -0.380 e. The first-order chi connectivity index (χ1) is 8.77. The lowest BCUT2D eigenvalue weighted by Crippen LogP contribution is -2.28. The first kappa shape index (κ1) is 13.5. The molecule has 0 unspecified atom stereocenters. The van der Waals surface area contributed by atoms with Gasteiger partial charge in [0.25, 0.3) is 0 Å². The molecular formula is C14H18ClNO2. The van der Waals surface area contributed by atoms with Gasteiger partial charge < -0.3 is 9.64 Å². The predicted octanol–water partition coefficient (Wildman–Crippen LogP) is 2.64. The molecule has 3 nitrogen and oxygen atoms in total. The van der Waals surface area contributed by atoms with Gasteiger partial charge in [0, 0.05) is 38.2 Å². The molecule has 0 aliphatic carbocycles. The first-order valence-electron chi connectivity index (χ1n) is 6.35. The molecule has 0 amide bonds. The number of ketones is 1. The molecule has 0 N–H and O–H groups in total. The lowest BCUT2D eigenvalue weighted by atomic mass is 10.1. The molecule has 18 heavy (non-hydrogen) atoms. The highest BCUT2D eigenvalue weighted by Crippen LogP contribution is 2.17. The van der Waals surface area contributed by atoms with E-state index in [1.807, 2.05) is 12.1 Å². The Labute approximate surface area is 113 Å². The van der Waals surface area contributed by atoms with Crippen LogP contribution in [0.15, 0.2) is 24.3 Å². The molecule has 98 valence electrons. The Kier molecular flexibility index (Phi) is 5.17. The molecule has 0 atom stereocenters. The summed E-state index contributed by atoms with van der Waals surface area (Å²) < 4.78 is 5.39. The molecule has 1 aromatic rings. The number of benzene rings is 1. The lowest BCUT2D eigenvalue weighted by molar-refractivity contribution is 0.0960. The number of ether oxygens (including phenoxy) is 1. The Balaban J connectivity index is 1.86. The number of hydrogen-bond acceptors (Lipinski definition) is 3. The quantitative estimate of drug-likeness (QED) is 0.786. The second-order valence-electron chi connectivity index (χ2n) is 4.46. The van der Waals surface area contributed by atoms with Crippen LogP contribution in [0.3, 0.4) is 0 Å². The van der Waals surface area contributed by atoms with Crippen molar-refractivity contribution in [1.29, 1.82) is 0 Å². The third kappa shape index (κ3) is 3.80. The van der Waals surface area contributed by atoms with E-state index >= 15 is 0 Å². The fourth-order valence-electron chi connectivity index (χ4n) is 2.10. The molecule has 2 rings (SSSR count). The van der Waals surface area contributed by atoms with Gasteiger partial charge in [-0.3, -0.25) is 4.79 Å². The van der Waals surface area contributed by atoms with Gasteiger partial charge >= 0.3 is 0 Å². The number of nitrogens with zero attached hydrogens (tertiary/aromatic N) is 1. The maximum absolute atomic E-state index is 12.1. The van der Waals surface area contributed by atoms with Crippen molar-refractivity contribution >= 4 is 17.4 Å². The van der Waals surface area contributed by atoms with E-state index in [2.05, 4.69) is 4.90 Å². The van der Waals surface area contributed by atoms with Crippen LogP contribution >= 0.6 is 11.6 Å². The van der Waals surface area contributed by atoms with Crippen LogP contribution in [0.2, 0.25) is 5.02 Å². The van der Waals surface area contributed by atoms with E-state index in [0.29, 0.717) is 17.0 Å². The van der Waals surface area contributed by atoms with Gasteiger partial charge in [0.1, 0.15) is 0 Å². The summed E-state index contributed by atoms with van der Waals surface area (Å²) in [5, 5.41) is 0.543.